The van der Waals surface area contributed by atoms with E-state index in [1.54, 1.807) is 0 Å². The molecule has 0 fully saturated rings. The van der Waals surface area contributed by atoms with Crippen LogP contribution in [0.5, 0.6) is 0 Å². The Balaban J connectivity index is 4.51. The second-order valence-electron chi connectivity index (χ2n) is 17.7. The Morgan fingerprint density at radius 3 is 1.33 bits per heavy atom. The number of allylic oxidation sites excluding steroid dienone is 18. The molecule has 0 saturated heterocycles. The smallest absolute Gasteiger partial charge is 0.306 e. The molecule has 0 radical (unpaired) electrons. The van der Waals surface area contributed by atoms with Crippen molar-refractivity contribution in [3.05, 3.63) is 109 Å². The van der Waals surface area contributed by atoms with Gasteiger partial charge in [-0.1, -0.05) is 175 Å². The maximum atomic E-state index is 12.8. The summed E-state index contributed by atoms with van der Waals surface area (Å²) in [5.41, 5.74) is 0. The third-order valence-electron chi connectivity index (χ3n) is 10.3. The summed E-state index contributed by atoms with van der Waals surface area (Å²) < 4.78 is 22.5. The Kier molecular flexibility index (Phi) is 44.5. The van der Waals surface area contributed by atoms with Crippen LogP contribution in [0.2, 0.25) is 0 Å². The van der Waals surface area contributed by atoms with Crippen LogP contribution in [-0.4, -0.2) is 82.3 Å². The lowest BCUT2D eigenvalue weighted by Crippen LogP contribution is -2.44. The SMILES string of the molecule is CC/C=C\C/C=C\C/C=C\C/C=C\C/C=C\C/C=C\C/C=C\CCCC(=O)OC(COC(=O)CCCCCCCCC/C=C\C/C=C\CCCCCC)COC(OCC[N+](C)(C)C)C(=O)[O-]. The van der Waals surface area contributed by atoms with E-state index in [0.29, 0.717) is 23.9 Å². The first-order valence-electron chi connectivity index (χ1n) is 25.5. The van der Waals surface area contributed by atoms with Gasteiger partial charge in [0.25, 0.3) is 0 Å². The van der Waals surface area contributed by atoms with Gasteiger partial charge in [-0.05, 0) is 96.3 Å². The maximum Gasteiger partial charge on any atom is 0.306 e. The van der Waals surface area contributed by atoms with Crippen molar-refractivity contribution in [1.82, 2.24) is 0 Å². The number of quaternary nitrogens is 1. The predicted molar refractivity (Wildman–Crippen MR) is 273 cm³/mol. The lowest BCUT2D eigenvalue weighted by Gasteiger charge is -2.26. The third kappa shape index (κ3) is 47.9. The molecule has 2 unspecified atom stereocenters. The molecule has 0 aliphatic carbocycles. The zero-order valence-electron chi connectivity index (χ0n) is 42.3. The Morgan fingerprint density at radius 1 is 0.470 bits per heavy atom. The van der Waals surface area contributed by atoms with Crippen LogP contribution in [0.3, 0.4) is 0 Å². The van der Waals surface area contributed by atoms with Gasteiger partial charge in [0.05, 0.1) is 40.3 Å². The fourth-order valence-electron chi connectivity index (χ4n) is 6.32. The minimum absolute atomic E-state index is 0.129. The molecule has 0 spiro atoms. The molecule has 0 rings (SSSR count). The summed E-state index contributed by atoms with van der Waals surface area (Å²) in [6.07, 6.45) is 61.3. The fraction of sp³-hybridized carbons (Fsp3) is 0.632. The molecule has 0 bridgehead atoms. The van der Waals surface area contributed by atoms with Gasteiger partial charge in [0.2, 0.25) is 0 Å². The number of ether oxygens (including phenoxy) is 4. The van der Waals surface area contributed by atoms with Crippen molar-refractivity contribution < 1.29 is 42.9 Å². The molecule has 374 valence electrons. The van der Waals surface area contributed by atoms with Gasteiger partial charge in [0.1, 0.15) is 13.2 Å². The summed E-state index contributed by atoms with van der Waals surface area (Å²) in [4.78, 5) is 37.1. The minimum Gasteiger partial charge on any atom is -0.545 e. The second kappa shape index (κ2) is 47.4. The van der Waals surface area contributed by atoms with E-state index in [2.05, 4.69) is 117 Å². The van der Waals surface area contributed by atoms with Crippen molar-refractivity contribution in [3.8, 4) is 0 Å². The van der Waals surface area contributed by atoms with Gasteiger partial charge in [-0.3, -0.25) is 9.59 Å². The number of carbonyl (C=O) groups is 3. The molecule has 0 aliphatic rings. The van der Waals surface area contributed by atoms with Gasteiger partial charge in [-0.2, -0.15) is 0 Å². The molecule has 0 aliphatic heterocycles. The number of rotatable bonds is 45. The average molecular weight is 920 g/mol. The summed E-state index contributed by atoms with van der Waals surface area (Å²) in [6, 6.07) is 0. The summed E-state index contributed by atoms with van der Waals surface area (Å²) >= 11 is 0. The van der Waals surface area contributed by atoms with E-state index < -0.39 is 24.3 Å². The van der Waals surface area contributed by atoms with Crippen molar-refractivity contribution in [2.24, 2.45) is 0 Å². The van der Waals surface area contributed by atoms with Gasteiger partial charge < -0.3 is 33.3 Å². The first kappa shape index (κ1) is 62.0. The standard InChI is InChI=1S/C57H93NO8/c1-6-8-10-12-14-16-18-20-22-24-26-27-28-29-30-32-34-36-38-40-42-44-46-48-55(60)66-53(52-65-57(56(61)62)63-50-49-58(3,4)5)51-64-54(59)47-45-43-41-39-37-35-33-31-25-23-21-19-17-15-13-11-9-7-2/h8,10,14,16-17,19-20,22-23,25-27,29-30,34,36,40,42,53,57H,6-7,9,11-13,15,18,21,24,28,31-33,35,37-39,41,43-52H2,1-5H3/b10-8-,16-14-,19-17-,22-20-,25-23-,27-26-,30-29-,36-34-,42-40-. The normalized spacial score (nSPS) is 13.8. The number of nitrogens with zero attached hydrogens (tertiary/aromatic N) is 1. The third-order valence-corrected chi connectivity index (χ3v) is 10.3. The molecule has 0 aromatic carbocycles. The molecule has 9 nitrogen and oxygen atoms in total. The topological polar surface area (TPSA) is 111 Å². The Hall–Kier alpha value is -4.05. The number of likely N-dealkylation sites (N-methyl/N-ethyl adjacent to an activating group) is 1. The van der Waals surface area contributed by atoms with Crippen molar-refractivity contribution in [2.45, 2.75) is 187 Å². The van der Waals surface area contributed by atoms with Crippen LogP contribution in [0.1, 0.15) is 174 Å². The highest BCUT2D eigenvalue weighted by Gasteiger charge is 2.21. The Bertz CT molecular complexity index is 1440. The maximum absolute atomic E-state index is 12.8. The van der Waals surface area contributed by atoms with Crippen LogP contribution < -0.4 is 5.11 Å². The summed E-state index contributed by atoms with van der Waals surface area (Å²) in [5.74, 6) is -2.39. The van der Waals surface area contributed by atoms with Gasteiger partial charge in [0.15, 0.2) is 12.4 Å². The highest BCUT2D eigenvalue weighted by atomic mass is 16.7. The molecule has 0 saturated carbocycles. The number of hydrogen-bond donors (Lipinski definition) is 0. The predicted octanol–water partition coefficient (Wildman–Crippen LogP) is 13.1. The first-order valence-corrected chi connectivity index (χ1v) is 25.5. The fourth-order valence-corrected chi connectivity index (χ4v) is 6.32. The Morgan fingerprint density at radius 2 is 0.879 bits per heavy atom. The van der Waals surface area contributed by atoms with Crippen molar-refractivity contribution in [2.75, 3.05) is 47.5 Å². The van der Waals surface area contributed by atoms with Crippen LogP contribution in [0.4, 0.5) is 0 Å². The molecule has 0 aromatic heterocycles. The molecular formula is C57H93NO8. The molecule has 0 amide bonds. The zero-order valence-corrected chi connectivity index (χ0v) is 42.3. The number of esters is 2. The van der Waals surface area contributed by atoms with Crippen molar-refractivity contribution in [3.63, 3.8) is 0 Å². The lowest BCUT2D eigenvalue weighted by atomic mass is 10.1. The van der Waals surface area contributed by atoms with E-state index in [0.717, 1.165) is 83.5 Å². The zero-order chi connectivity index (χ0) is 48.4. The highest BCUT2D eigenvalue weighted by Crippen LogP contribution is 2.12. The van der Waals surface area contributed by atoms with Crippen molar-refractivity contribution in [1.29, 1.82) is 0 Å². The van der Waals surface area contributed by atoms with Crippen LogP contribution in [-0.2, 0) is 33.3 Å². The number of carboxylic acid groups (broad SMARTS) is 1. The number of hydrogen-bond acceptors (Lipinski definition) is 8. The van der Waals surface area contributed by atoms with Gasteiger partial charge in [-0.25, -0.2) is 0 Å². The van der Waals surface area contributed by atoms with Crippen LogP contribution >= 0.6 is 0 Å². The molecule has 0 heterocycles. The molecule has 66 heavy (non-hydrogen) atoms. The lowest BCUT2D eigenvalue weighted by molar-refractivity contribution is -0.870. The monoisotopic (exact) mass is 920 g/mol. The number of unbranched alkanes of at least 4 members (excludes halogenated alkanes) is 12. The molecule has 9 heteroatoms. The summed E-state index contributed by atoms with van der Waals surface area (Å²) in [5, 5.41) is 11.7. The van der Waals surface area contributed by atoms with E-state index in [1.807, 2.05) is 27.2 Å². The van der Waals surface area contributed by atoms with Gasteiger partial charge >= 0.3 is 11.9 Å². The molecular weight excluding hydrogens is 827 g/mol. The highest BCUT2D eigenvalue weighted by molar-refractivity contribution is 5.70. The summed E-state index contributed by atoms with van der Waals surface area (Å²) in [6.45, 7) is 4.51. The number of aliphatic carboxylic acids is 1. The van der Waals surface area contributed by atoms with Crippen molar-refractivity contribution >= 4 is 17.9 Å². The van der Waals surface area contributed by atoms with Crippen LogP contribution in [0.25, 0.3) is 0 Å². The van der Waals surface area contributed by atoms with Gasteiger partial charge in [0, 0.05) is 12.8 Å². The van der Waals surface area contributed by atoms with E-state index in [-0.39, 0.29) is 38.6 Å². The van der Waals surface area contributed by atoms with Gasteiger partial charge in [-0.15, -0.1) is 0 Å². The molecule has 0 N–H and O–H groups in total. The van der Waals surface area contributed by atoms with E-state index in [9.17, 15) is 19.5 Å². The number of carbonyl (C=O) groups excluding carboxylic acids is 3. The average Bonchev–Trinajstić information content (AvgIpc) is 3.28. The number of carboxylic acids is 1. The molecule has 0 aromatic rings. The first-order chi connectivity index (χ1) is 32.1. The Labute approximate surface area is 403 Å². The van der Waals surface area contributed by atoms with Crippen LogP contribution in [0, 0.1) is 0 Å². The van der Waals surface area contributed by atoms with Crippen LogP contribution in [0.15, 0.2) is 109 Å². The van der Waals surface area contributed by atoms with E-state index in [4.69, 9.17) is 18.9 Å². The second-order valence-corrected chi connectivity index (χ2v) is 17.7. The molecule has 2 atom stereocenters. The van der Waals surface area contributed by atoms with E-state index >= 15 is 0 Å². The van der Waals surface area contributed by atoms with E-state index in [1.165, 1.54) is 51.4 Å². The largest absolute Gasteiger partial charge is 0.545 e. The summed E-state index contributed by atoms with van der Waals surface area (Å²) in [7, 11) is 5.88. The minimum atomic E-state index is -1.65. The quantitative estimate of drug-likeness (QED) is 0.0195.